The predicted molar refractivity (Wildman–Crippen MR) is 106 cm³/mol. The molecule has 1 atom stereocenters. The van der Waals surface area contributed by atoms with Crippen LogP contribution in [0.1, 0.15) is 34.6 Å². The van der Waals surface area contributed by atoms with Gasteiger partial charge in [-0.2, -0.15) is 0 Å². The van der Waals surface area contributed by atoms with E-state index in [9.17, 15) is 9.59 Å². The molecule has 28 heavy (non-hydrogen) atoms. The van der Waals surface area contributed by atoms with E-state index < -0.39 is 12.1 Å². The molecule has 0 fully saturated rings. The highest BCUT2D eigenvalue weighted by Crippen LogP contribution is 2.28. The van der Waals surface area contributed by atoms with Crippen molar-refractivity contribution in [1.29, 1.82) is 0 Å². The summed E-state index contributed by atoms with van der Waals surface area (Å²) in [4.78, 5) is 27.9. The lowest BCUT2D eigenvalue weighted by Crippen LogP contribution is -2.36. The van der Waals surface area contributed by atoms with E-state index in [2.05, 4.69) is 14.8 Å². The Kier molecular flexibility index (Phi) is 6.96. The molecule has 0 radical (unpaired) electrons. The van der Waals surface area contributed by atoms with Gasteiger partial charge in [-0.05, 0) is 23.5 Å². The fourth-order valence-corrected chi connectivity index (χ4v) is 2.99. The minimum Gasteiger partial charge on any atom is -0.430 e. The molecule has 1 heterocycles. The van der Waals surface area contributed by atoms with E-state index in [4.69, 9.17) is 16.3 Å². The first-order chi connectivity index (χ1) is 13.1. The third kappa shape index (κ3) is 6.20. The lowest BCUT2D eigenvalue weighted by atomic mass is 9.83. The lowest BCUT2D eigenvalue weighted by Gasteiger charge is -2.32. The summed E-state index contributed by atoms with van der Waals surface area (Å²) >= 11 is 5.95. The molecule has 0 aliphatic carbocycles. The lowest BCUT2D eigenvalue weighted by molar-refractivity contribution is -0.136. The number of benzene rings is 1. The summed E-state index contributed by atoms with van der Waals surface area (Å²) in [5.41, 5.74) is 0.469. The number of halogens is 1. The maximum Gasteiger partial charge on any atom is 0.516 e. The molecule has 0 spiro atoms. The van der Waals surface area contributed by atoms with Crippen molar-refractivity contribution in [2.75, 3.05) is 0 Å². The fraction of sp³-hybridized carbons (Fsp3) is 0.400. The molecular formula is C20H24ClN3O4. The van der Waals surface area contributed by atoms with Crippen molar-refractivity contribution >= 4 is 29.9 Å². The van der Waals surface area contributed by atoms with E-state index in [1.54, 1.807) is 18.2 Å². The van der Waals surface area contributed by atoms with E-state index in [0.717, 1.165) is 11.6 Å². The van der Waals surface area contributed by atoms with Crippen LogP contribution < -0.4 is 0 Å². The molecule has 0 saturated carbocycles. The van der Waals surface area contributed by atoms with Gasteiger partial charge < -0.3 is 9.47 Å². The van der Waals surface area contributed by atoms with Crippen molar-refractivity contribution in [1.82, 2.24) is 14.8 Å². The van der Waals surface area contributed by atoms with Gasteiger partial charge in [-0.15, -0.1) is 5.10 Å². The smallest absolute Gasteiger partial charge is 0.430 e. The van der Waals surface area contributed by atoms with Gasteiger partial charge in [0.25, 0.3) is 0 Å². The third-order valence-electron chi connectivity index (χ3n) is 3.82. The third-order valence-corrected chi connectivity index (χ3v) is 4.06. The monoisotopic (exact) mass is 405 g/mol. The molecule has 2 aromatic rings. The summed E-state index contributed by atoms with van der Waals surface area (Å²) in [5, 5.41) is 4.78. The van der Waals surface area contributed by atoms with Crippen molar-refractivity contribution in [3.63, 3.8) is 0 Å². The molecule has 0 saturated heterocycles. The van der Waals surface area contributed by atoms with Crippen LogP contribution in [0.15, 0.2) is 36.7 Å². The van der Waals surface area contributed by atoms with Crippen LogP contribution in [0, 0.1) is 11.3 Å². The van der Waals surface area contributed by atoms with Crippen LogP contribution in [0.3, 0.4) is 0 Å². The largest absolute Gasteiger partial charge is 0.516 e. The van der Waals surface area contributed by atoms with E-state index >= 15 is 0 Å². The zero-order valence-corrected chi connectivity index (χ0v) is 17.3. The molecule has 0 aliphatic heterocycles. The van der Waals surface area contributed by atoms with Crippen LogP contribution in [-0.2, 0) is 14.3 Å². The van der Waals surface area contributed by atoms with Gasteiger partial charge in [0.15, 0.2) is 5.82 Å². The van der Waals surface area contributed by atoms with Gasteiger partial charge in [0.05, 0.1) is 0 Å². The molecule has 0 N–H and O–H groups in total. The highest BCUT2D eigenvalue weighted by atomic mass is 35.5. The predicted octanol–water partition coefficient (Wildman–Crippen LogP) is 4.82. The number of ether oxygens (including phenoxy) is 2. The van der Waals surface area contributed by atoms with E-state index in [1.807, 2.05) is 40.7 Å². The van der Waals surface area contributed by atoms with Gasteiger partial charge in [-0.1, -0.05) is 58.4 Å². The van der Waals surface area contributed by atoms with Gasteiger partial charge in [0.1, 0.15) is 12.4 Å². The molecule has 0 aliphatic rings. The minimum atomic E-state index is -1.03. The number of esters is 1. The highest BCUT2D eigenvalue weighted by Gasteiger charge is 2.32. The van der Waals surface area contributed by atoms with E-state index in [1.165, 1.54) is 17.2 Å². The first-order valence-electron chi connectivity index (χ1n) is 8.84. The van der Waals surface area contributed by atoms with E-state index in [-0.39, 0.29) is 17.4 Å². The number of rotatable bonds is 5. The second kappa shape index (κ2) is 9.01. The molecule has 0 bridgehead atoms. The SMILES string of the molecule is CC(C)C(OC(=O)OC(=O)C=Cn1cnc(-c2cccc(Cl)c2)n1)C(C)(C)C. The molecule has 8 heteroatoms. The second-order valence-corrected chi connectivity index (χ2v) is 8.13. The summed E-state index contributed by atoms with van der Waals surface area (Å²) in [6.45, 7) is 9.74. The zero-order chi connectivity index (χ0) is 20.9. The molecule has 1 aromatic heterocycles. The first kappa shape index (κ1) is 21.6. The van der Waals surface area contributed by atoms with Gasteiger partial charge >= 0.3 is 12.1 Å². The van der Waals surface area contributed by atoms with Crippen molar-refractivity contribution in [3.8, 4) is 11.4 Å². The molecule has 150 valence electrons. The van der Waals surface area contributed by atoms with Gasteiger partial charge in [0.2, 0.25) is 0 Å². The van der Waals surface area contributed by atoms with Crippen molar-refractivity contribution in [2.45, 2.75) is 40.7 Å². The van der Waals surface area contributed by atoms with Crippen LogP contribution in [-0.4, -0.2) is 33.0 Å². The van der Waals surface area contributed by atoms with Crippen molar-refractivity contribution in [2.24, 2.45) is 11.3 Å². The van der Waals surface area contributed by atoms with Crippen LogP contribution in [0.2, 0.25) is 5.02 Å². The Morgan fingerprint density at radius 1 is 1.25 bits per heavy atom. The van der Waals surface area contributed by atoms with Crippen LogP contribution >= 0.6 is 11.6 Å². The fourth-order valence-electron chi connectivity index (χ4n) is 2.80. The number of aromatic nitrogens is 3. The molecule has 1 unspecified atom stereocenters. The number of carbonyl (C=O) groups excluding carboxylic acids is 2. The highest BCUT2D eigenvalue weighted by molar-refractivity contribution is 6.30. The molecular weight excluding hydrogens is 382 g/mol. The quantitative estimate of drug-likeness (QED) is 0.403. The topological polar surface area (TPSA) is 83.3 Å². The van der Waals surface area contributed by atoms with Gasteiger partial charge in [-0.3, -0.25) is 0 Å². The average molecular weight is 406 g/mol. The standard InChI is InChI=1S/C20H24ClN3O4/c1-13(2)17(20(3,4)5)28-19(26)27-16(25)9-10-24-12-22-18(23-24)14-7-6-8-15(21)11-14/h6-13,17H,1-5H3. The summed E-state index contributed by atoms with van der Waals surface area (Å²) in [7, 11) is 0. The summed E-state index contributed by atoms with van der Waals surface area (Å²) in [6, 6.07) is 7.09. The number of hydrogen-bond donors (Lipinski definition) is 0. The maximum atomic E-state index is 11.9. The second-order valence-electron chi connectivity index (χ2n) is 7.69. The summed E-state index contributed by atoms with van der Waals surface area (Å²) in [6.07, 6.45) is 2.42. The van der Waals surface area contributed by atoms with Gasteiger partial charge in [-0.25, -0.2) is 19.3 Å². The normalized spacial score (nSPS) is 13.0. The Labute approximate surface area is 169 Å². The summed E-state index contributed by atoms with van der Waals surface area (Å²) < 4.78 is 11.3. The molecule has 7 nitrogen and oxygen atoms in total. The Hall–Kier alpha value is -2.67. The summed E-state index contributed by atoms with van der Waals surface area (Å²) in [5.74, 6) is -0.329. The van der Waals surface area contributed by atoms with Crippen molar-refractivity contribution < 1.29 is 19.1 Å². The average Bonchev–Trinajstić information content (AvgIpc) is 3.05. The van der Waals surface area contributed by atoms with Crippen LogP contribution in [0.25, 0.3) is 17.6 Å². The molecule has 0 amide bonds. The molecule has 2 rings (SSSR count). The van der Waals surface area contributed by atoms with Crippen molar-refractivity contribution in [3.05, 3.63) is 41.7 Å². The van der Waals surface area contributed by atoms with Gasteiger partial charge in [0, 0.05) is 22.9 Å². The maximum absolute atomic E-state index is 11.9. The minimum absolute atomic E-state index is 0.0817. The zero-order valence-electron chi connectivity index (χ0n) is 16.5. The van der Waals surface area contributed by atoms with Crippen LogP contribution in [0.5, 0.6) is 0 Å². The number of carbonyl (C=O) groups is 2. The Balaban J connectivity index is 1.96. The number of nitrogens with zero attached hydrogens (tertiary/aromatic N) is 3. The Morgan fingerprint density at radius 3 is 2.57 bits per heavy atom. The number of hydrogen-bond acceptors (Lipinski definition) is 6. The Morgan fingerprint density at radius 2 is 1.96 bits per heavy atom. The Bertz CT molecular complexity index is 868. The van der Waals surface area contributed by atoms with E-state index in [0.29, 0.717) is 10.8 Å². The first-order valence-corrected chi connectivity index (χ1v) is 9.22. The molecule has 1 aromatic carbocycles. The van der Waals surface area contributed by atoms with Crippen LogP contribution in [0.4, 0.5) is 4.79 Å².